The van der Waals surface area contributed by atoms with Crippen molar-refractivity contribution in [2.24, 2.45) is 0 Å². The van der Waals surface area contributed by atoms with E-state index in [1.54, 1.807) is 18.4 Å². The normalized spacial score (nSPS) is 12.4. The van der Waals surface area contributed by atoms with E-state index in [2.05, 4.69) is 35.5 Å². The Kier molecular flexibility index (Phi) is 6.34. The van der Waals surface area contributed by atoms with Crippen LogP contribution in [-0.2, 0) is 12.8 Å². The van der Waals surface area contributed by atoms with Crippen LogP contribution in [-0.4, -0.2) is 43.5 Å². The van der Waals surface area contributed by atoms with Crippen molar-refractivity contribution in [3.8, 4) is 28.1 Å². The van der Waals surface area contributed by atoms with Crippen LogP contribution in [0.3, 0.4) is 0 Å². The maximum absolute atomic E-state index is 11.7. The molecule has 0 radical (unpaired) electrons. The lowest BCUT2D eigenvalue weighted by Gasteiger charge is -2.19. The van der Waals surface area contributed by atoms with E-state index in [0.717, 1.165) is 82.3 Å². The van der Waals surface area contributed by atoms with Crippen molar-refractivity contribution < 1.29 is 9.53 Å². The van der Waals surface area contributed by atoms with Gasteiger partial charge in [-0.15, -0.1) is 11.3 Å². The number of aldehydes is 1. The number of fused-ring (bicyclic) bond motifs is 3. The van der Waals surface area contributed by atoms with Crippen molar-refractivity contribution in [2.75, 3.05) is 32.6 Å². The van der Waals surface area contributed by atoms with E-state index >= 15 is 0 Å². The Morgan fingerprint density at radius 3 is 2.81 bits per heavy atom. The van der Waals surface area contributed by atoms with E-state index in [9.17, 15) is 4.79 Å². The topological polar surface area (TPSA) is 76.1 Å². The molecule has 0 atom stereocenters. The Hall–Kier alpha value is -2.77. The summed E-state index contributed by atoms with van der Waals surface area (Å²) in [4.78, 5) is 23.3. The van der Waals surface area contributed by atoms with Crippen molar-refractivity contribution in [2.45, 2.75) is 32.6 Å². The first kappa shape index (κ1) is 21.5. The molecule has 0 spiro atoms. The second-order valence-corrected chi connectivity index (χ2v) is 9.08. The second kappa shape index (κ2) is 9.16. The van der Waals surface area contributed by atoms with Gasteiger partial charge in [-0.1, -0.05) is 19.9 Å². The summed E-state index contributed by atoms with van der Waals surface area (Å²) in [5.74, 6) is 1.08. The number of methoxy groups -OCH3 is 1. The number of ether oxygens (including phenoxy) is 1. The highest BCUT2D eigenvalue weighted by molar-refractivity contribution is 7.15. The van der Waals surface area contributed by atoms with Gasteiger partial charge < -0.3 is 15.4 Å². The fourth-order valence-corrected chi connectivity index (χ4v) is 5.14. The van der Waals surface area contributed by atoms with E-state index in [1.807, 2.05) is 25.4 Å². The highest BCUT2D eigenvalue weighted by atomic mass is 32.1. The molecule has 6 nitrogen and oxygen atoms in total. The van der Waals surface area contributed by atoms with Gasteiger partial charge in [0.25, 0.3) is 0 Å². The number of hydrogen-bond acceptors (Lipinski definition) is 7. The average molecular weight is 437 g/mol. The molecule has 0 unspecified atom stereocenters. The molecule has 4 rings (SSSR count). The predicted octanol–water partition coefficient (Wildman–Crippen LogP) is 4.55. The van der Waals surface area contributed by atoms with Crippen LogP contribution in [0.4, 0.5) is 5.69 Å². The molecule has 7 heteroatoms. The molecule has 3 aromatic heterocycles. The van der Waals surface area contributed by atoms with Crippen LogP contribution in [0.2, 0.25) is 0 Å². The number of likely N-dealkylation sites (N-methyl/N-ethyl adjacent to an activating group) is 1. The molecule has 1 aliphatic carbocycles. The molecule has 3 aromatic rings. The minimum atomic E-state index is 0.290. The number of carbonyl (C=O) groups excluding carboxylic acids is 1. The number of carbonyl (C=O) groups is 1. The molecule has 0 aromatic carbocycles. The van der Waals surface area contributed by atoms with Crippen molar-refractivity contribution in [3.05, 3.63) is 45.5 Å². The molecular weight excluding hydrogens is 408 g/mol. The molecule has 0 saturated heterocycles. The molecular formula is C24H28N4O2S. The highest BCUT2D eigenvalue weighted by Crippen LogP contribution is 2.45. The van der Waals surface area contributed by atoms with Crippen LogP contribution >= 0.6 is 11.3 Å². The maximum Gasteiger partial charge on any atom is 0.162 e. The number of anilines is 1. The van der Waals surface area contributed by atoms with E-state index in [4.69, 9.17) is 9.72 Å². The zero-order valence-electron chi connectivity index (χ0n) is 18.4. The van der Waals surface area contributed by atoms with Crippen LogP contribution in [0, 0.1) is 0 Å². The van der Waals surface area contributed by atoms with Crippen LogP contribution in [0.25, 0.3) is 22.4 Å². The number of thiophene rings is 1. The number of hydrogen-bond donors (Lipinski definition) is 2. The van der Waals surface area contributed by atoms with Gasteiger partial charge in [0.15, 0.2) is 6.29 Å². The molecule has 2 N–H and O–H groups in total. The monoisotopic (exact) mass is 436 g/mol. The smallest absolute Gasteiger partial charge is 0.162 e. The van der Waals surface area contributed by atoms with Gasteiger partial charge in [0, 0.05) is 46.5 Å². The molecule has 1 aliphatic rings. The van der Waals surface area contributed by atoms with Crippen molar-refractivity contribution >= 4 is 23.3 Å². The fraction of sp³-hybridized carbons (Fsp3) is 0.375. The van der Waals surface area contributed by atoms with Gasteiger partial charge in [-0.2, -0.15) is 0 Å². The predicted molar refractivity (Wildman–Crippen MR) is 127 cm³/mol. The maximum atomic E-state index is 11.7. The first-order valence-corrected chi connectivity index (χ1v) is 11.4. The van der Waals surface area contributed by atoms with E-state index < -0.39 is 0 Å². The molecule has 3 heterocycles. The lowest BCUT2D eigenvalue weighted by Crippen LogP contribution is -2.18. The van der Waals surface area contributed by atoms with Crippen LogP contribution in [0.15, 0.2) is 24.4 Å². The fourth-order valence-electron chi connectivity index (χ4n) is 4.03. The van der Waals surface area contributed by atoms with Gasteiger partial charge in [0.1, 0.15) is 5.75 Å². The van der Waals surface area contributed by atoms with Crippen molar-refractivity contribution in [1.82, 2.24) is 15.3 Å². The molecule has 0 aliphatic heterocycles. The zero-order valence-corrected chi connectivity index (χ0v) is 19.2. The summed E-state index contributed by atoms with van der Waals surface area (Å²) in [5, 5.41) is 6.59. The largest absolute Gasteiger partial charge is 0.495 e. The van der Waals surface area contributed by atoms with Crippen molar-refractivity contribution in [1.29, 1.82) is 0 Å². The van der Waals surface area contributed by atoms with Gasteiger partial charge in [0.2, 0.25) is 0 Å². The third-order valence-electron chi connectivity index (χ3n) is 5.57. The van der Waals surface area contributed by atoms with Gasteiger partial charge in [-0.25, -0.2) is 0 Å². The van der Waals surface area contributed by atoms with Crippen molar-refractivity contribution in [3.63, 3.8) is 0 Å². The summed E-state index contributed by atoms with van der Waals surface area (Å²) in [5.41, 5.74) is 7.02. The van der Waals surface area contributed by atoms with Gasteiger partial charge >= 0.3 is 0 Å². The Morgan fingerprint density at radius 1 is 1.26 bits per heavy atom. The number of pyridine rings is 2. The number of aryl methyl sites for hydroxylation is 2. The number of aromatic nitrogens is 2. The summed E-state index contributed by atoms with van der Waals surface area (Å²) in [6.45, 7) is 5.80. The summed E-state index contributed by atoms with van der Waals surface area (Å²) >= 11 is 1.59. The molecule has 0 bridgehead atoms. The lowest BCUT2D eigenvalue weighted by molar-refractivity contribution is 0.112. The Balaban J connectivity index is 1.73. The van der Waals surface area contributed by atoms with Gasteiger partial charge in [-0.05, 0) is 37.9 Å². The lowest BCUT2D eigenvalue weighted by atomic mass is 9.92. The van der Waals surface area contributed by atoms with E-state index in [1.165, 1.54) is 4.88 Å². The quantitative estimate of drug-likeness (QED) is 0.399. The zero-order chi connectivity index (χ0) is 22.0. The Labute approximate surface area is 187 Å². The number of rotatable bonds is 8. The third-order valence-corrected chi connectivity index (χ3v) is 6.74. The summed E-state index contributed by atoms with van der Waals surface area (Å²) < 4.78 is 5.57. The standard InChI is InChI=1S/C24H28N4O2S/c1-14(2)23-19(30-4)11-15(12-27-23)17-6-5-16-18(28-17)7-8-20-22(16)24(21(13-29)31-20)26-10-9-25-3/h5-6,11-14,25-26H,7-10H2,1-4H3. The molecule has 0 fully saturated rings. The second-order valence-electron chi connectivity index (χ2n) is 7.94. The molecule has 162 valence electrons. The summed E-state index contributed by atoms with van der Waals surface area (Å²) in [7, 11) is 3.60. The van der Waals surface area contributed by atoms with Gasteiger partial charge in [0.05, 0.1) is 29.1 Å². The summed E-state index contributed by atoms with van der Waals surface area (Å²) in [6, 6.07) is 6.18. The minimum Gasteiger partial charge on any atom is -0.495 e. The molecule has 0 saturated carbocycles. The highest BCUT2D eigenvalue weighted by Gasteiger charge is 2.26. The number of nitrogens with zero attached hydrogens (tertiary/aromatic N) is 2. The van der Waals surface area contributed by atoms with Crippen LogP contribution in [0.5, 0.6) is 5.75 Å². The van der Waals surface area contributed by atoms with Gasteiger partial charge in [-0.3, -0.25) is 14.8 Å². The average Bonchev–Trinajstić information content (AvgIpc) is 3.16. The van der Waals surface area contributed by atoms with Crippen LogP contribution < -0.4 is 15.4 Å². The first-order chi connectivity index (χ1) is 15.1. The summed E-state index contributed by atoms with van der Waals surface area (Å²) in [6.07, 6.45) is 4.59. The van der Waals surface area contributed by atoms with E-state index in [0.29, 0.717) is 5.92 Å². The van der Waals surface area contributed by atoms with Crippen LogP contribution in [0.1, 0.15) is 45.7 Å². The third kappa shape index (κ3) is 4.07. The molecule has 0 amide bonds. The SMILES string of the molecule is CNCCNc1c(C=O)sc2c1-c1ccc(-c3cnc(C(C)C)c(OC)c3)nc1CC2. The first-order valence-electron chi connectivity index (χ1n) is 10.6. The number of nitrogens with one attached hydrogen (secondary N) is 2. The minimum absolute atomic E-state index is 0.290. The Morgan fingerprint density at radius 2 is 2.10 bits per heavy atom. The Bertz CT molecular complexity index is 1110. The molecule has 31 heavy (non-hydrogen) atoms. The van der Waals surface area contributed by atoms with E-state index in [-0.39, 0.29) is 0 Å².